The summed E-state index contributed by atoms with van der Waals surface area (Å²) in [5.41, 5.74) is 0. The van der Waals surface area contributed by atoms with Crippen LogP contribution in [0, 0.1) is 0 Å². The van der Waals surface area contributed by atoms with Gasteiger partial charge in [-0.25, -0.2) is 0 Å². The van der Waals surface area contributed by atoms with Gasteiger partial charge in [-0.2, -0.15) is 0 Å². The fourth-order valence-corrected chi connectivity index (χ4v) is 1.98. The van der Waals surface area contributed by atoms with Crippen molar-refractivity contribution in [3.63, 3.8) is 0 Å². The van der Waals surface area contributed by atoms with Crippen LogP contribution in [0.3, 0.4) is 0 Å². The largest absolute Gasteiger partial charge is 0.378 e. The lowest BCUT2D eigenvalue weighted by Gasteiger charge is -2.15. The molecule has 1 saturated heterocycles. The van der Waals surface area contributed by atoms with Gasteiger partial charge in [0.25, 0.3) is 0 Å². The van der Waals surface area contributed by atoms with E-state index in [0.717, 1.165) is 32.4 Å². The summed E-state index contributed by atoms with van der Waals surface area (Å²) >= 11 is 0. The molecule has 1 saturated carbocycles. The maximum atomic E-state index is 11.6. The van der Waals surface area contributed by atoms with E-state index < -0.39 is 0 Å². The molecular weight excluding hydrogens is 204 g/mol. The van der Waals surface area contributed by atoms with Crippen molar-refractivity contribution in [3.8, 4) is 0 Å². The molecule has 2 aliphatic rings. The van der Waals surface area contributed by atoms with Crippen LogP contribution >= 0.6 is 0 Å². The van der Waals surface area contributed by atoms with Crippen molar-refractivity contribution in [1.29, 1.82) is 0 Å². The Hall–Kier alpha value is -0.610. The molecule has 4 heteroatoms. The van der Waals surface area contributed by atoms with E-state index in [1.807, 2.05) is 6.92 Å². The number of rotatable bonds is 6. The van der Waals surface area contributed by atoms with E-state index in [4.69, 9.17) is 4.74 Å². The van der Waals surface area contributed by atoms with E-state index >= 15 is 0 Å². The normalized spacial score (nSPS) is 26.7. The number of amides is 1. The average Bonchev–Trinajstić information content (AvgIpc) is 2.93. The van der Waals surface area contributed by atoms with Crippen molar-refractivity contribution in [2.24, 2.45) is 0 Å². The summed E-state index contributed by atoms with van der Waals surface area (Å²) < 4.78 is 5.53. The number of hydrogen-bond acceptors (Lipinski definition) is 3. The SMILES string of the molecule is CC(NCCC1CCCO1)C(=O)NC1CC1. The molecule has 16 heavy (non-hydrogen) atoms. The van der Waals surface area contributed by atoms with E-state index in [9.17, 15) is 4.79 Å². The highest BCUT2D eigenvalue weighted by atomic mass is 16.5. The number of carbonyl (C=O) groups excluding carboxylic acids is 1. The van der Waals surface area contributed by atoms with Crippen molar-refractivity contribution in [2.45, 2.75) is 57.2 Å². The minimum absolute atomic E-state index is 0.0815. The average molecular weight is 226 g/mol. The molecule has 2 fully saturated rings. The number of ether oxygens (including phenoxy) is 1. The van der Waals surface area contributed by atoms with E-state index in [2.05, 4.69) is 10.6 Å². The monoisotopic (exact) mass is 226 g/mol. The Morgan fingerprint density at radius 3 is 2.88 bits per heavy atom. The second kappa shape index (κ2) is 5.64. The molecule has 2 unspecified atom stereocenters. The molecule has 1 aliphatic heterocycles. The van der Waals surface area contributed by atoms with Crippen molar-refractivity contribution < 1.29 is 9.53 Å². The smallest absolute Gasteiger partial charge is 0.237 e. The summed E-state index contributed by atoms with van der Waals surface area (Å²) in [5, 5.41) is 6.25. The van der Waals surface area contributed by atoms with Gasteiger partial charge in [0.1, 0.15) is 0 Å². The van der Waals surface area contributed by atoms with Crippen LogP contribution in [0.1, 0.15) is 39.0 Å². The van der Waals surface area contributed by atoms with Crippen LogP contribution < -0.4 is 10.6 Å². The lowest BCUT2D eigenvalue weighted by molar-refractivity contribution is -0.122. The van der Waals surface area contributed by atoms with E-state index in [1.54, 1.807) is 0 Å². The first-order valence-corrected chi connectivity index (χ1v) is 6.41. The maximum Gasteiger partial charge on any atom is 0.237 e. The Bertz CT molecular complexity index is 235. The van der Waals surface area contributed by atoms with E-state index in [1.165, 1.54) is 12.8 Å². The van der Waals surface area contributed by atoms with Gasteiger partial charge in [0.2, 0.25) is 5.91 Å². The molecule has 0 bridgehead atoms. The molecule has 92 valence electrons. The van der Waals surface area contributed by atoms with Gasteiger partial charge in [0.15, 0.2) is 0 Å². The second-order valence-corrected chi connectivity index (χ2v) is 4.88. The van der Waals surface area contributed by atoms with Gasteiger partial charge in [-0.15, -0.1) is 0 Å². The zero-order valence-electron chi connectivity index (χ0n) is 10.00. The molecule has 0 aromatic rings. The highest BCUT2D eigenvalue weighted by Gasteiger charge is 2.25. The van der Waals surface area contributed by atoms with Gasteiger partial charge in [-0.3, -0.25) is 4.79 Å². The van der Waals surface area contributed by atoms with Gasteiger partial charge in [0.05, 0.1) is 12.1 Å². The molecule has 0 radical (unpaired) electrons. The highest BCUT2D eigenvalue weighted by Crippen LogP contribution is 2.18. The molecule has 2 rings (SSSR count). The van der Waals surface area contributed by atoms with Crippen LogP contribution in [0.25, 0.3) is 0 Å². The molecule has 0 aromatic carbocycles. The molecule has 0 spiro atoms. The minimum Gasteiger partial charge on any atom is -0.378 e. The van der Waals surface area contributed by atoms with Crippen LogP contribution in [-0.2, 0) is 9.53 Å². The molecule has 1 aliphatic carbocycles. The zero-order chi connectivity index (χ0) is 11.4. The third-order valence-corrected chi connectivity index (χ3v) is 3.26. The third-order valence-electron chi connectivity index (χ3n) is 3.26. The van der Waals surface area contributed by atoms with Gasteiger partial charge in [-0.1, -0.05) is 0 Å². The van der Waals surface area contributed by atoms with Crippen LogP contribution in [0.15, 0.2) is 0 Å². The summed E-state index contributed by atoms with van der Waals surface area (Å²) in [6.07, 6.45) is 6.07. The maximum absolute atomic E-state index is 11.6. The quantitative estimate of drug-likeness (QED) is 0.705. The van der Waals surface area contributed by atoms with Gasteiger partial charge in [-0.05, 0) is 45.6 Å². The summed E-state index contributed by atoms with van der Waals surface area (Å²) in [7, 11) is 0. The predicted octanol–water partition coefficient (Wildman–Crippen LogP) is 0.812. The minimum atomic E-state index is -0.0815. The van der Waals surface area contributed by atoms with Gasteiger partial charge < -0.3 is 15.4 Å². The first kappa shape index (κ1) is 11.9. The van der Waals surface area contributed by atoms with Crippen molar-refractivity contribution in [2.75, 3.05) is 13.2 Å². The van der Waals surface area contributed by atoms with Gasteiger partial charge >= 0.3 is 0 Å². The Labute approximate surface area is 97.1 Å². The predicted molar refractivity (Wildman–Crippen MR) is 62.2 cm³/mol. The van der Waals surface area contributed by atoms with Crippen LogP contribution in [0.2, 0.25) is 0 Å². The van der Waals surface area contributed by atoms with E-state index in [-0.39, 0.29) is 11.9 Å². The third kappa shape index (κ3) is 3.76. The Kier molecular flexibility index (Phi) is 4.18. The fourth-order valence-electron chi connectivity index (χ4n) is 1.98. The Balaban J connectivity index is 1.55. The van der Waals surface area contributed by atoms with Crippen LogP contribution in [0.4, 0.5) is 0 Å². The number of hydrogen-bond donors (Lipinski definition) is 2. The molecule has 0 aromatic heterocycles. The topological polar surface area (TPSA) is 50.4 Å². The highest BCUT2D eigenvalue weighted by molar-refractivity contribution is 5.81. The first-order chi connectivity index (χ1) is 7.75. The second-order valence-electron chi connectivity index (χ2n) is 4.88. The number of carbonyl (C=O) groups is 1. The number of nitrogens with one attached hydrogen (secondary N) is 2. The zero-order valence-corrected chi connectivity index (χ0v) is 10.00. The fraction of sp³-hybridized carbons (Fsp3) is 0.917. The lowest BCUT2D eigenvalue weighted by Crippen LogP contribution is -2.43. The Morgan fingerprint density at radius 1 is 1.44 bits per heavy atom. The standard InChI is InChI=1S/C12H22N2O2/c1-9(12(15)14-10-4-5-10)13-7-6-11-3-2-8-16-11/h9-11,13H,2-8H2,1H3,(H,14,15). The molecular formula is C12H22N2O2. The van der Waals surface area contributed by atoms with Crippen LogP contribution in [0.5, 0.6) is 0 Å². The molecule has 1 amide bonds. The summed E-state index contributed by atoms with van der Waals surface area (Å²) in [6, 6.07) is 0.372. The first-order valence-electron chi connectivity index (χ1n) is 6.41. The van der Waals surface area contributed by atoms with Crippen molar-refractivity contribution in [3.05, 3.63) is 0 Å². The lowest BCUT2D eigenvalue weighted by atomic mass is 10.2. The molecule has 4 nitrogen and oxygen atoms in total. The van der Waals surface area contributed by atoms with Gasteiger partial charge in [0, 0.05) is 12.6 Å². The van der Waals surface area contributed by atoms with Crippen LogP contribution in [-0.4, -0.2) is 37.2 Å². The summed E-state index contributed by atoms with van der Waals surface area (Å²) in [4.78, 5) is 11.6. The summed E-state index contributed by atoms with van der Waals surface area (Å²) in [6.45, 7) is 3.69. The van der Waals surface area contributed by atoms with Crippen molar-refractivity contribution >= 4 is 5.91 Å². The van der Waals surface area contributed by atoms with Crippen molar-refractivity contribution in [1.82, 2.24) is 10.6 Å². The molecule has 2 N–H and O–H groups in total. The molecule has 2 atom stereocenters. The van der Waals surface area contributed by atoms with E-state index in [0.29, 0.717) is 12.1 Å². The molecule has 1 heterocycles. The Morgan fingerprint density at radius 2 is 2.25 bits per heavy atom. The summed E-state index contributed by atoms with van der Waals surface area (Å²) in [5.74, 6) is 0.134.